The van der Waals surface area contributed by atoms with Crippen molar-refractivity contribution in [3.8, 4) is 0 Å². The summed E-state index contributed by atoms with van der Waals surface area (Å²) in [5.41, 5.74) is 0. The second-order valence-corrected chi connectivity index (χ2v) is 0. The molecule has 0 atom stereocenters. The van der Waals surface area contributed by atoms with Crippen LogP contribution in [0.3, 0.4) is 0 Å². The number of hydrogen-bond acceptors (Lipinski definition) is 1. The van der Waals surface area contributed by atoms with Crippen LogP contribution in [0.4, 0.5) is 0 Å². The van der Waals surface area contributed by atoms with Crippen LogP contribution in [0.1, 0.15) is 7.43 Å². The van der Waals surface area contributed by atoms with Crippen molar-refractivity contribution in [2.45, 2.75) is 7.43 Å². The summed E-state index contributed by atoms with van der Waals surface area (Å²) in [5, 5.41) is 0. The second kappa shape index (κ2) is 23.9. The van der Waals surface area contributed by atoms with Crippen molar-refractivity contribution in [2.75, 3.05) is 0 Å². The Labute approximate surface area is 56.3 Å². The van der Waals surface area contributed by atoms with E-state index in [-0.39, 0.29) is 31.9 Å². The summed E-state index contributed by atoms with van der Waals surface area (Å²) in [4.78, 5) is 0. The third kappa shape index (κ3) is 9.62. The molecule has 0 aliphatic heterocycles. The van der Waals surface area contributed by atoms with E-state index in [0.717, 1.165) is 0 Å². The number of hydrogen-bond donors (Lipinski definition) is 0. The standard InChI is InChI=1S/CH4.Co.S.Sb.3H/h1H4;;;;;;. The molecule has 4 heavy (non-hydrogen) atoms. The van der Waals surface area contributed by atoms with Gasteiger partial charge in [0.2, 0.25) is 0 Å². The Morgan fingerprint density at radius 1 is 1.25 bits per heavy atom. The van der Waals surface area contributed by atoms with Crippen molar-refractivity contribution in [1.82, 2.24) is 0 Å². The third-order valence-corrected chi connectivity index (χ3v) is 0. The molecule has 0 spiro atoms. The van der Waals surface area contributed by atoms with E-state index in [1.54, 1.807) is 0 Å². The van der Waals surface area contributed by atoms with Gasteiger partial charge in [-0.2, -0.15) is 0 Å². The average molecular weight is 232 g/mol. The average Bonchev–Trinajstić information content (AvgIpc) is 1.00. The quantitative estimate of drug-likeness (QED) is 0.533. The Morgan fingerprint density at radius 2 is 1.25 bits per heavy atom. The molecule has 0 fully saturated rings. The summed E-state index contributed by atoms with van der Waals surface area (Å²) in [6.45, 7) is 0. The molecule has 0 bridgehead atoms. The van der Waals surface area contributed by atoms with Crippen molar-refractivity contribution < 1.29 is 14.1 Å². The fraction of sp³-hybridized carbons (Fsp3) is 1.00. The Hall–Kier alpha value is 1.54. The van der Waals surface area contributed by atoms with Crippen molar-refractivity contribution in [1.29, 1.82) is 0 Å². The van der Waals surface area contributed by atoms with Gasteiger partial charge < -0.3 is 0 Å². The van der Waals surface area contributed by atoms with Gasteiger partial charge in [-0.25, -0.2) is 0 Å². The molecular formula is CH7CoSSb. The van der Waals surface area contributed by atoms with Crippen LogP contribution in [0, 0.1) is 0 Å². The maximum atomic E-state index is 3.77. The SMILES string of the molecule is C.[S]=[Co].[SbH3]. The number of rotatable bonds is 0. The van der Waals surface area contributed by atoms with Crippen molar-refractivity contribution in [3.05, 3.63) is 0 Å². The molecule has 0 radical (unpaired) electrons. The molecule has 0 saturated heterocycles. The topological polar surface area (TPSA) is 0 Å². The van der Waals surface area contributed by atoms with E-state index in [9.17, 15) is 0 Å². The van der Waals surface area contributed by atoms with E-state index in [1.165, 1.54) is 0 Å². The van der Waals surface area contributed by atoms with Gasteiger partial charge in [0.25, 0.3) is 0 Å². The van der Waals surface area contributed by atoms with E-state index < -0.39 is 0 Å². The van der Waals surface area contributed by atoms with Crippen molar-refractivity contribution in [2.24, 2.45) is 0 Å². The summed E-state index contributed by atoms with van der Waals surface area (Å²) in [6, 6.07) is 0. The first-order valence-corrected chi connectivity index (χ1v) is 1.68. The summed E-state index contributed by atoms with van der Waals surface area (Å²) in [7, 11) is 3.77. The zero-order chi connectivity index (χ0) is 2.00. The van der Waals surface area contributed by atoms with Crippen LogP contribution in [0.15, 0.2) is 0 Å². The van der Waals surface area contributed by atoms with Gasteiger partial charge >= 0.3 is 49.2 Å². The molecule has 0 nitrogen and oxygen atoms in total. The van der Waals surface area contributed by atoms with Crippen LogP contribution in [-0.2, 0) is 14.1 Å². The zero-order valence-corrected chi connectivity index (χ0v) is 7.34. The van der Waals surface area contributed by atoms with E-state index in [2.05, 4.69) is 24.7 Å². The maximum absolute atomic E-state index is 3.77. The van der Waals surface area contributed by atoms with Gasteiger partial charge in [-0.1, -0.05) is 7.43 Å². The fourth-order valence-electron chi connectivity index (χ4n) is 0. The van der Waals surface area contributed by atoms with Gasteiger partial charge in [-0.05, 0) is 0 Å². The van der Waals surface area contributed by atoms with Crippen LogP contribution >= 0.6 is 10.6 Å². The van der Waals surface area contributed by atoms with Crippen LogP contribution in [0.2, 0.25) is 0 Å². The summed E-state index contributed by atoms with van der Waals surface area (Å²) in [6.07, 6.45) is 0. The van der Waals surface area contributed by atoms with Gasteiger partial charge in [0, 0.05) is 0 Å². The summed E-state index contributed by atoms with van der Waals surface area (Å²) < 4.78 is 0. The molecular weight excluding hydrogens is 225 g/mol. The predicted octanol–water partition coefficient (Wildman–Crippen LogP) is 0.0979. The molecule has 0 heterocycles. The minimum atomic E-state index is 0. The Kier molecular flexibility index (Phi) is 106. The van der Waals surface area contributed by atoms with E-state index in [0.29, 0.717) is 0 Å². The molecule has 0 N–H and O–H groups in total. The fourth-order valence-corrected chi connectivity index (χ4v) is 0. The monoisotopic (exact) mass is 231 g/mol. The van der Waals surface area contributed by atoms with Gasteiger partial charge in [-0.3, -0.25) is 0 Å². The Bertz CT molecular complexity index is 8.00. The van der Waals surface area contributed by atoms with Crippen LogP contribution < -0.4 is 0 Å². The molecule has 0 amide bonds. The molecule has 0 saturated carbocycles. The molecule has 0 rings (SSSR count). The Morgan fingerprint density at radius 3 is 1.25 bits per heavy atom. The van der Waals surface area contributed by atoms with E-state index in [4.69, 9.17) is 0 Å². The van der Waals surface area contributed by atoms with Crippen molar-refractivity contribution in [3.63, 3.8) is 0 Å². The van der Waals surface area contributed by atoms with Crippen molar-refractivity contribution >= 4 is 35.0 Å². The summed E-state index contributed by atoms with van der Waals surface area (Å²) >= 11 is 3.15. The second-order valence-electron chi connectivity index (χ2n) is 0. The predicted molar refractivity (Wildman–Crippen MR) is 24.3 cm³/mol. The minimum absolute atomic E-state index is 0. The molecule has 0 aliphatic carbocycles. The van der Waals surface area contributed by atoms with E-state index in [1.807, 2.05) is 0 Å². The first kappa shape index (κ1) is 17.7. The molecule has 31 valence electrons. The first-order chi connectivity index (χ1) is 1.00. The normalized spacial score (nSPS) is 1.25. The van der Waals surface area contributed by atoms with Gasteiger partial charge in [0.05, 0.1) is 0 Å². The Balaban J connectivity index is -0.00000000500. The van der Waals surface area contributed by atoms with Crippen LogP contribution in [-0.4, -0.2) is 24.4 Å². The first-order valence-electron chi connectivity index (χ1n) is 0.136. The molecule has 3 heteroatoms. The van der Waals surface area contributed by atoms with E-state index >= 15 is 0 Å². The molecule has 0 aromatic heterocycles. The summed E-state index contributed by atoms with van der Waals surface area (Å²) in [5.74, 6) is 0. The van der Waals surface area contributed by atoms with Crippen LogP contribution in [0.25, 0.3) is 0 Å². The molecule has 0 aromatic carbocycles. The van der Waals surface area contributed by atoms with Gasteiger partial charge in [0.15, 0.2) is 0 Å². The molecule has 0 aromatic rings. The van der Waals surface area contributed by atoms with Gasteiger partial charge in [0.1, 0.15) is 0 Å². The third-order valence-electron chi connectivity index (χ3n) is 0. The molecule has 0 aliphatic rings. The molecule has 0 unspecified atom stereocenters. The zero-order valence-electron chi connectivity index (χ0n) is 1.45. The van der Waals surface area contributed by atoms with Gasteiger partial charge in [-0.15, -0.1) is 0 Å². The van der Waals surface area contributed by atoms with Crippen LogP contribution in [0.5, 0.6) is 0 Å².